The van der Waals surface area contributed by atoms with Crippen LogP contribution in [0, 0.1) is 31.1 Å². The van der Waals surface area contributed by atoms with Crippen molar-refractivity contribution in [3.63, 3.8) is 0 Å². The number of aliphatic carboxylic acids is 1. The molecule has 4 heterocycles. The topological polar surface area (TPSA) is 172 Å². The van der Waals surface area contributed by atoms with E-state index in [1.54, 1.807) is 17.0 Å². The van der Waals surface area contributed by atoms with Gasteiger partial charge in [0.05, 0.1) is 11.5 Å². The molecule has 1 amide bonds. The molecule has 2 atom stereocenters. The number of primary amides is 1. The molecule has 56 heavy (non-hydrogen) atoms. The van der Waals surface area contributed by atoms with Gasteiger partial charge in [0.15, 0.2) is 11.2 Å². The Kier molecular flexibility index (Phi) is 9.73. The monoisotopic (exact) mass is 760 g/mol. The Morgan fingerprint density at radius 1 is 0.946 bits per heavy atom. The predicted octanol–water partition coefficient (Wildman–Crippen LogP) is 7.42. The van der Waals surface area contributed by atoms with Crippen LogP contribution in [0.3, 0.4) is 0 Å². The molecule has 2 aliphatic rings. The van der Waals surface area contributed by atoms with E-state index in [0.29, 0.717) is 78.1 Å². The van der Waals surface area contributed by atoms with Gasteiger partial charge in [-0.25, -0.2) is 9.97 Å². The van der Waals surface area contributed by atoms with Gasteiger partial charge in [-0.3, -0.25) is 19.4 Å². The number of hydrogen-bond donors (Lipinski definition) is 2. The minimum absolute atomic E-state index is 0.0913. The van der Waals surface area contributed by atoms with Crippen molar-refractivity contribution in [2.24, 2.45) is 11.7 Å². The van der Waals surface area contributed by atoms with E-state index >= 15 is 0 Å². The standard InChI is InChI=1S/C42H38F2N6O6/c1-22-28(6-3-8-30(22)39-47-32-16-27(21-50-12-5-10-34(50)41(52)53)35(55-42(43)44)17-36(32)54-39)29-7-4-9-31(23(29)2)40-48-33-15-24(14-26(18-45)37(33)56-40)19-49-13-11-25(20-49)38(46)51/h3-4,6-9,14-17,25,34,42H,5,10-13,19-21H2,1-2H3,(H2,46,51)(H,52,53)/t25?,34-/m0/s1. The summed E-state index contributed by atoms with van der Waals surface area (Å²) in [4.78, 5) is 37.0. The fraction of sp³-hybridized carbons (Fsp3) is 0.310. The Morgan fingerprint density at radius 3 is 2.27 bits per heavy atom. The van der Waals surface area contributed by atoms with Crippen LogP contribution < -0.4 is 10.5 Å². The van der Waals surface area contributed by atoms with E-state index < -0.39 is 18.6 Å². The van der Waals surface area contributed by atoms with Crippen LogP contribution in [0.2, 0.25) is 0 Å². The lowest BCUT2D eigenvalue weighted by molar-refractivity contribution is -0.142. The summed E-state index contributed by atoms with van der Waals surface area (Å²) in [5.74, 6) is -0.862. The first kappa shape index (κ1) is 36.8. The Morgan fingerprint density at radius 2 is 1.62 bits per heavy atom. The highest BCUT2D eigenvalue weighted by molar-refractivity contribution is 5.86. The van der Waals surface area contributed by atoms with Gasteiger partial charge >= 0.3 is 12.6 Å². The molecule has 286 valence electrons. The first-order valence-electron chi connectivity index (χ1n) is 18.4. The van der Waals surface area contributed by atoms with Crippen molar-refractivity contribution in [3.05, 3.63) is 88.5 Å². The molecule has 6 aromatic rings. The van der Waals surface area contributed by atoms with Gasteiger partial charge in [0.1, 0.15) is 28.9 Å². The number of carbonyl (C=O) groups excluding carboxylic acids is 1. The summed E-state index contributed by atoms with van der Waals surface area (Å²) in [5.41, 5.74) is 13.8. The molecule has 0 spiro atoms. The highest BCUT2D eigenvalue weighted by Crippen LogP contribution is 2.39. The number of aromatic nitrogens is 2. The molecule has 0 radical (unpaired) electrons. The van der Waals surface area contributed by atoms with Crippen molar-refractivity contribution >= 4 is 34.1 Å². The Bertz CT molecular complexity index is 2560. The van der Waals surface area contributed by atoms with E-state index in [0.717, 1.165) is 39.9 Å². The second-order valence-corrected chi connectivity index (χ2v) is 14.5. The van der Waals surface area contributed by atoms with Gasteiger partial charge in [0, 0.05) is 42.4 Å². The first-order chi connectivity index (χ1) is 27.0. The molecule has 12 nitrogen and oxygen atoms in total. The van der Waals surface area contributed by atoms with Crippen LogP contribution in [0.1, 0.15) is 47.1 Å². The molecular weight excluding hydrogens is 722 g/mol. The molecule has 0 bridgehead atoms. The van der Waals surface area contributed by atoms with E-state index in [2.05, 4.69) is 11.0 Å². The summed E-state index contributed by atoms with van der Waals surface area (Å²) >= 11 is 0. The van der Waals surface area contributed by atoms with Crippen molar-refractivity contribution in [2.75, 3.05) is 19.6 Å². The van der Waals surface area contributed by atoms with E-state index in [-0.39, 0.29) is 35.6 Å². The molecule has 2 aromatic heterocycles. The number of nitrogens with two attached hydrogens (primary N) is 1. The number of hydrogen-bond acceptors (Lipinski definition) is 10. The van der Waals surface area contributed by atoms with Crippen molar-refractivity contribution in [1.82, 2.24) is 19.8 Å². The molecule has 8 rings (SSSR count). The van der Waals surface area contributed by atoms with Gasteiger partial charge in [-0.15, -0.1) is 0 Å². The number of alkyl halides is 2. The molecule has 0 aliphatic carbocycles. The maximum atomic E-state index is 13.5. The van der Waals surface area contributed by atoms with Crippen LogP contribution in [0.4, 0.5) is 8.78 Å². The lowest BCUT2D eigenvalue weighted by atomic mass is 9.91. The molecule has 2 saturated heterocycles. The van der Waals surface area contributed by atoms with Crippen LogP contribution >= 0.6 is 0 Å². The lowest BCUT2D eigenvalue weighted by Crippen LogP contribution is -2.35. The number of carbonyl (C=O) groups is 2. The Balaban J connectivity index is 1.11. The molecule has 14 heteroatoms. The Labute approximate surface area is 320 Å². The highest BCUT2D eigenvalue weighted by atomic mass is 19.3. The number of carboxylic acids is 1. The largest absolute Gasteiger partial charge is 0.480 e. The third-order valence-corrected chi connectivity index (χ3v) is 11.0. The number of fused-ring (bicyclic) bond motifs is 2. The number of carboxylic acid groups (broad SMARTS) is 1. The van der Waals surface area contributed by atoms with Crippen LogP contribution in [0.25, 0.3) is 56.2 Å². The fourth-order valence-electron chi connectivity index (χ4n) is 8.12. The highest BCUT2D eigenvalue weighted by Gasteiger charge is 2.32. The number of benzene rings is 4. The van der Waals surface area contributed by atoms with Crippen LogP contribution in [-0.4, -0.2) is 69.0 Å². The second-order valence-electron chi connectivity index (χ2n) is 14.5. The molecular formula is C42H38F2N6O6. The van der Waals surface area contributed by atoms with Crippen LogP contribution in [0.15, 0.2) is 69.5 Å². The third kappa shape index (κ3) is 6.95. The number of nitrogens with zero attached hydrogens (tertiary/aromatic N) is 5. The summed E-state index contributed by atoms with van der Waals surface area (Å²) < 4.78 is 44.3. The summed E-state index contributed by atoms with van der Waals surface area (Å²) in [6, 6.07) is 19.9. The molecule has 3 N–H and O–H groups in total. The molecule has 0 saturated carbocycles. The second kappa shape index (κ2) is 14.8. The van der Waals surface area contributed by atoms with Gasteiger partial charge in [-0.2, -0.15) is 14.0 Å². The van der Waals surface area contributed by atoms with Gasteiger partial charge in [0.25, 0.3) is 0 Å². The predicted molar refractivity (Wildman–Crippen MR) is 202 cm³/mol. The average molecular weight is 761 g/mol. The molecule has 2 fully saturated rings. The zero-order chi connectivity index (χ0) is 39.2. The molecule has 4 aromatic carbocycles. The van der Waals surface area contributed by atoms with Crippen molar-refractivity contribution in [3.8, 4) is 45.9 Å². The van der Waals surface area contributed by atoms with E-state index in [1.807, 2.05) is 56.3 Å². The van der Waals surface area contributed by atoms with Gasteiger partial charge < -0.3 is 24.4 Å². The number of amides is 1. The van der Waals surface area contributed by atoms with Crippen molar-refractivity contribution in [1.29, 1.82) is 5.26 Å². The summed E-state index contributed by atoms with van der Waals surface area (Å²) in [7, 11) is 0. The quantitative estimate of drug-likeness (QED) is 0.135. The van der Waals surface area contributed by atoms with Gasteiger partial charge in [-0.1, -0.05) is 24.3 Å². The Hall–Kier alpha value is -6.17. The van der Waals surface area contributed by atoms with E-state index in [1.165, 1.54) is 6.07 Å². The molecule has 2 aliphatic heterocycles. The third-order valence-electron chi connectivity index (χ3n) is 11.0. The average Bonchev–Trinajstić information content (AvgIpc) is 3.98. The summed E-state index contributed by atoms with van der Waals surface area (Å²) in [5, 5.41) is 19.7. The van der Waals surface area contributed by atoms with Crippen molar-refractivity contribution in [2.45, 2.75) is 58.9 Å². The van der Waals surface area contributed by atoms with Crippen LogP contribution in [0.5, 0.6) is 5.75 Å². The normalized spacial score (nSPS) is 17.6. The lowest BCUT2D eigenvalue weighted by Gasteiger charge is -2.22. The number of likely N-dealkylation sites (tertiary alicyclic amines) is 2. The van der Waals surface area contributed by atoms with E-state index in [9.17, 15) is 28.7 Å². The summed E-state index contributed by atoms with van der Waals surface area (Å²) in [6.07, 6.45) is 1.88. The number of nitriles is 1. The SMILES string of the molecule is Cc1c(-c2nc3cc(CN4CCC[C@H]4C(=O)O)c(OC(F)F)cc3o2)cccc1-c1cccc(-c2nc3cc(CN4CCC(C(N)=O)C4)cc(C#N)c3o2)c1C. The van der Waals surface area contributed by atoms with E-state index in [4.69, 9.17) is 29.3 Å². The van der Waals surface area contributed by atoms with Gasteiger partial charge in [0.2, 0.25) is 17.7 Å². The maximum absolute atomic E-state index is 13.5. The number of halogens is 2. The van der Waals surface area contributed by atoms with Crippen LogP contribution in [-0.2, 0) is 22.7 Å². The smallest absolute Gasteiger partial charge is 0.387 e. The maximum Gasteiger partial charge on any atom is 0.387 e. The minimum Gasteiger partial charge on any atom is -0.480 e. The number of rotatable bonds is 11. The number of oxazole rings is 2. The zero-order valence-electron chi connectivity index (χ0n) is 30.7. The minimum atomic E-state index is -3.08. The zero-order valence-corrected chi connectivity index (χ0v) is 30.7. The van der Waals surface area contributed by atoms with Gasteiger partial charge in [-0.05, 0) is 104 Å². The van der Waals surface area contributed by atoms with Crippen molar-refractivity contribution < 1.29 is 37.0 Å². The number of ether oxygens (including phenoxy) is 1. The molecule has 1 unspecified atom stereocenters. The fourth-order valence-corrected chi connectivity index (χ4v) is 8.12. The summed E-state index contributed by atoms with van der Waals surface area (Å²) in [6.45, 7) is 3.35. The first-order valence-corrected chi connectivity index (χ1v) is 18.4.